The summed E-state index contributed by atoms with van der Waals surface area (Å²) in [5.41, 5.74) is 2.47. The number of nitro benzene ring substituents is 1. The molecule has 0 bridgehead atoms. The maximum absolute atomic E-state index is 11.5. The third-order valence-corrected chi connectivity index (χ3v) is 2.64. The number of amides is 1. The van der Waals surface area contributed by atoms with E-state index in [1.165, 1.54) is 18.3 Å². The number of nitrogens with zero attached hydrogens (tertiary/aromatic N) is 2. The van der Waals surface area contributed by atoms with Crippen LogP contribution < -0.4 is 10.2 Å². The SMILES string of the molecule is O=C(COc1ccccc1)N/N=C/c1ccccc1[N+](=O)[O-]. The third-order valence-electron chi connectivity index (χ3n) is 2.64. The van der Waals surface area contributed by atoms with Crippen molar-refractivity contribution in [2.24, 2.45) is 5.10 Å². The first-order valence-corrected chi connectivity index (χ1v) is 6.40. The van der Waals surface area contributed by atoms with Crippen LogP contribution in [0.4, 0.5) is 5.69 Å². The van der Waals surface area contributed by atoms with E-state index in [2.05, 4.69) is 10.5 Å². The van der Waals surface area contributed by atoms with Crippen molar-refractivity contribution in [3.63, 3.8) is 0 Å². The Kier molecular flexibility index (Phi) is 5.20. The van der Waals surface area contributed by atoms with Crippen LogP contribution in [0.25, 0.3) is 0 Å². The first kappa shape index (κ1) is 15.2. The summed E-state index contributed by atoms with van der Waals surface area (Å²) >= 11 is 0. The molecule has 0 aliphatic rings. The molecule has 2 rings (SSSR count). The standard InChI is InChI=1S/C15H13N3O4/c19-15(11-22-13-7-2-1-3-8-13)17-16-10-12-6-4-5-9-14(12)18(20)21/h1-10H,11H2,(H,17,19)/b16-10+. The van der Waals surface area contributed by atoms with Gasteiger partial charge in [-0.3, -0.25) is 14.9 Å². The second kappa shape index (κ2) is 7.53. The quantitative estimate of drug-likeness (QED) is 0.502. The summed E-state index contributed by atoms with van der Waals surface area (Å²) in [6.45, 7) is -0.196. The lowest BCUT2D eigenvalue weighted by atomic mass is 10.2. The molecule has 22 heavy (non-hydrogen) atoms. The predicted octanol–water partition coefficient (Wildman–Crippen LogP) is 2.12. The maximum Gasteiger partial charge on any atom is 0.278 e. The topological polar surface area (TPSA) is 93.8 Å². The predicted molar refractivity (Wildman–Crippen MR) is 80.8 cm³/mol. The molecular formula is C15H13N3O4. The van der Waals surface area contributed by atoms with Crippen molar-refractivity contribution in [1.29, 1.82) is 0 Å². The lowest BCUT2D eigenvalue weighted by Gasteiger charge is -2.04. The van der Waals surface area contributed by atoms with Gasteiger partial charge in [-0.25, -0.2) is 5.43 Å². The molecular weight excluding hydrogens is 286 g/mol. The van der Waals surface area contributed by atoms with Crippen LogP contribution in [0, 0.1) is 10.1 Å². The van der Waals surface area contributed by atoms with E-state index in [1.54, 1.807) is 36.4 Å². The molecule has 0 aliphatic heterocycles. The molecule has 1 amide bonds. The van der Waals surface area contributed by atoms with Crippen molar-refractivity contribution in [2.75, 3.05) is 6.61 Å². The Balaban J connectivity index is 1.87. The van der Waals surface area contributed by atoms with Gasteiger partial charge in [0.15, 0.2) is 6.61 Å². The minimum atomic E-state index is -0.512. The van der Waals surface area contributed by atoms with Gasteiger partial charge in [0.2, 0.25) is 0 Å². The van der Waals surface area contributed by atoms with Gasteiger partial charge in [0.05, 0.1) is 16.7 Å². The van der Waals surface area contributed by atoms with Gasteiger partial charge < -0.3 is 4.74 Å². The van der Waals surface area contributed by atoms with E-state index in [9.17, 15) is 14.9 Å². The number of hydrazone groups is 1. The molecule has 2 aromatic carbocycles. The highest BCUT2D eigenvalue weighted by atomic mass is 16.6. The van der Waals surface area contributed by atoms with Gasteiger partial charge in [-0.2, -0.15) is 5.10 Å². The van der Waals surface area contributed by atoms with Crippen molar-refractivity contribution in [3.8, 4) is 5.75 Å². The van der Waals surface area contributed by atoms with Gasteiger partial charge in [-0.1, -0.05) is 30.3 Å². The highest BCUT2D eigenvalue weighted by Gasteiger charge is 2.10. The summed E-state index contributed by atoms with van der Waals surface area (Å²) in [4.78, 5) is 21.8. The van der Waals surface area contributed by atoms with E-state index in [0.717, 1.165) is 0 Å². The summed E-state index contributed by atoms with van der Waals surface area (Å²) in [6, 6.07) is 15.0. The van der Waals surface area contributed by atoms with Gasteiger partial charge in [-0.15, -0.1) is 0 Å². The summed E-state index contributed by atoms with van der Waals surface area (Å²) in [5, 5.41) is 14.5. The minimum absolute atomic E-state index is 0.0824. The minimum Gasteiger partial charge on any atom is -0.484 e. The molecule has 0 aromatic heterocycles. The average Bonchev–Trinajstić information content (AvgIpc) is 2.54. The van der Waals surface area contributed by atoms with Gasteiger partial charge >= 0.3 is 0 Å². The average molecular weight is 299 g/mol. The van der Waals surface area contributed by atoms with E-state index in [1.807, 2.05) is 6.07 Å². The largest absolute Gasteiger partial charge is 0.484 e. The Bertz CT molecular complexity index is 686. The Morgan fingerprint density at radius 2 is 1.86 bits per heavy atom. The lowest BCUT2D eigenvalue weighted by Crippen LogP contribution is -2.24. The normalized spacial score (nSPS) is 10.4. The zero-order chi connectivity index (χ0) is 15.8. The molecule has 112 valence electrons. The Hall–Kier alpha value is -3.22. The zero-order valence-electron chi connectivity index (χ0n) is 11.5. The van der Waals surface area contributed by atoms with Gasteiger partial charge in [0.1, 0.15) is 5.75 Å². The van der Waals surface area contributed by atoms with E-state index in [0.29, 0.717) is 11.3 Å². The molecule has 0 unspecified atom stereocenters. The summed E-state index contributed by atoms with van der Waals surface area (Å²) in [6.07, 6.45) is 1.22. The first-order valence-electron chi connectivity index (χ1n) is 6.40. The number of ether oxygens (including phenoxy) is 1. The van der Waals surface area contributed by atoms with Crippen LogP contribution in [0.2, 0.25) is 0 Å². The second-order valence-corrected chi connectivity index (χ2v) is 4.21. The van der Waals surface area contributed by atoms with E-state index in [4.69, 9.17) is 4.74 Å². The molecule has 1 N–H and O–H groups in total. The number of hydrogen-bond acceptors (Lipinski definition) is 5. The molecule has 0 fully saturated rings. The van der Waals surface area contributed by atoms with Crippen molar-refractivity contribution < 1.29 is 14.5 Å². The van der Waals surface area contributed by atoms with Crippen LogP contribution in [0.5, 0.6) is 5.75 Å². The molecule has 0 radical (unpaired) electrons. The fourth-order valence-electron chi connectivity index (χ4n) is 1.63. The number of hydrogen-bond donors (Lipinski definition) is 1. The molecule has 0 heterocycles. The number of nitrogens with one attached hydrogen (secondary N) is 1. The number of para-hydroxylation sites is 2. The summed E-state index contributed by atoms with van der Waals surface area (Å²) < 4.78 is 5.24. The van der Waals surface area contributed by atoms with E-state index in [-0.39, 0.29) is 12.3 Å². The number of rotatable bonds is 6. The number of nitro groups is 1. The number of carbonyl (C=O) groups excluding carboxylic acids is 1. The van der Waals surface area contributed by atoms with E-state index < -0.39 is 10.8 Å². The van der Waals surface area contributed by atoms with Crippen LogP contribution in [-0.2, 0) is 4.79 Å². The summed E-state index contributed by atoms with van der Waals surface area (Å²) in [5.74, 6) is 0.110. The van der Waals surface area contributed by atoms with Crippen LogP contribution in [-0.4, -0.2) is 23.7 Å². The molecule has 0 saturated carbocycles. The highest BCUT2D eigenvalue weighted by molar-refractivity contribution is 5.86. The fraction of sp³-hybridized carbons (Fsp3) is 0.0667. The van der Waals surface area contributed by atoms with Crippen molar-refractivity contribution >= 4 is 17.8 Å². The van der Waals surface area contributed by atoms with Gasteiger partial charge in [0, 0.05) is 6.07 Å². The summed E-state index contributed by atoms with van der Waals surface area (Å²) in [7, 11) is 0. The highest BCUT2D eigenvalue weighted by Crippen LogP contribution is 2.15. The van der Waals surface area contributed by atoms with Crippen molar-refractivity contribution in [3.05, 3.63) is 70.3 Å². The lowest BCUT2D eigenvalue weighted by molar-refractivity contribution is -0.385. The van der Waals surface area contributed by atoms with Gasteiger partial charge in [-0.05, 0) is 18.2 Å². The fourth-order valence-corrected chi connectivity index (χ4v) is 1.63. The number of carbonyl (C=O) groups is 1. The Labute approximate surface area is 126 Å². The molecule has 7 heteroatoms. The molecule has 7 nitrogen and oxygen atoms in total. The van der Waals surface area contributed by atoms with Crippen LogP contribution in [0.1, 0.15) is 5.56 Å². The molecule has 0 atom stereocenters. The first-order chi connectivity index (χ1) is 10.7. The Morgan fingerprint density at radius 1 is 1.18 bits per heavy atom. The van der Waals surface area contributed by atoms with Crippen LogP contribution in [0.3, 0.4) is 0 Å². The van der Waals surface area contributed by atoms with Gasteiger partial charge in [0.25, 0.3) is 11.6 Å². The van der Waals surface area contributed by atoms with Crippen LogP contribution in [0.15, 0.2) is 59.7 Å². The maximum atomic E-state index is 11.5. The molecule has 2 aromatic rings. The Morgan fingerprint density at radius 3 is 2.59 bits per heavy atom. The van der Waals surface area contributed by atoms with Crippen molar-refractivity contribution in [1.82, 2.24) is 5.43 Å². The molecule has 0 saturated heterocycles. The smallest absolute Gasteiger partial charge is 0.278 e. The monoisotopic (exact) mass is 299 g/mol. The zero-order valence-corrected chi connectivity index (χ0v) is 11.5. The second-order valence-electron chi connectivity index (χ2n) is 4.21. The molecule has 0 aliphatic carbocycles. The van der Waals surface area contributed by atoms with E-state index >= 15 is 0 Å². The number of benzene rings is 2. The van der Waals surface area contributed by atoms with Crippen LogP contribution >= 0.6 is 0 Å². The van der Waals surface area contributed by atoms with Crippen molar-refractivity contribution in [2.45, 2.75) is 0 Å². The molecule has 0 spiro atoms. The third kappa shape index (κ3) is 4.41.